The van der Waals surface area contributed by atoms with Crippen LogP contribution >= 0.6 is 0 Å². The summed E-state index contributed by atoms with van der Waals surface area (Å²) in [6.45, 7) is 18.2. The first-order valence-corrected chi connectivity index (χ1v) is 13.6. The Labute approximate surface area is 206 Å². The number of carbonyl (C=O) groups excluding carboxylic acids is 1. The van der Waals surface area contributed by atoms with E-state index in [-0.39, 0.29) is 33.4 Å². The molecule has 0 heterocycles. The first-order valence-electron chi connectivity index (χ1n) is 13.6. The second kappa shape index (κ2) is 7.09. The predicted molar refractivity (Wildman–Crippen MR) is 134 cm³/mol. The maximum Gasteiger partial charge on any atom is 0.178 e. The minimum atomic E-state index is -0.493. The Kier molecular flexibility index (Phi) is 4.97. The van der Waals surface area contributed by atoms with Crippen LogP contribution in [0, 0.1) is 79.3 Å². The minimum Gasteiger partial charge on any atom is -0.293 e. The Hall–Kier alpha value is -1.87. The van der Waals surface area contributed by atoms with Gasteiger partial charge in [-0.05, 0) is 104 Å². The van der Waals surface area contributed by atoms with E-state index in [2.05, 4.69) is 66.3 Å². The Morgan fingerprint density at radius 1 is 0.941 bits per heavy atom. The van der Waals surface area contributed by atoms with Crippen molar-refractivity contribution in [2.75, 3.05) is 0 Å². The quantitative estimate of drug-likeness (QED) is 0.384. The molecule has 1 unspecified atom stereocenters. The molecule has 0 radical (unpaired) electrons. The Morgan fingerprint density at radius 2 is 1.65 bits per heavy atom. The van der Waals surface area contributed by atoms with Gasteiger partial charge >= 0.3 is 0 Å². The van der Waals surface area contributed by atoms with E-state index in [1.807, 2.05) is 0 Å². The molecule has 3 heteroatoms. The highest BCUT2D eigenvalue weighted by Gasteiger charge is 2.71. The third-order valence-corrected chi connectivity index (χ3v) is 12.7. The highest BCUT2D eigenvalue weighted by Crippen LogP contribution is 2.76. The molecule has 0 spiro atoms. The summed E-state index contributed by atoms with van der Waals surface area (Å²) in [4.78, 5) is 13.2. The maximum atomic E-state index is 13.2. The van der Waals surface area contributed by atoms with Crippen LogP contribution in [0.1, 0.15) is 92.9 Å². The zero-order chi connectivity index (χ0) is 24.9. The summed E-state index contributed by atoms with van der Waals surface area (Å²) in [5.74, 6) is 2.20. The first kappa shape index (κ1) is 23.9. The number of fused-ring (bicyclic) bond motifs is 7. The molecule has 4 fully saturated rings. The lowest BCUT2D eigenvalue weighted by atomic mass is 9.33. The standard InChI is InChI=1S/C31H42N2O/c1-19(2)21-10-13-31(18-33)15-14-29(6)22(25(21)31)8-9-24-28(5)16-20(17-32)26(34)27(3,4)23(28)11-12-30(24,29)7/h16,21-25H,1,8-15H2,2-7H3/t21-,22?,23-,24+,25+,28-,29+,30+,31+/m0/s1. The predicted octanol–water partition coefficient (Wildman–Crippen LogP) is 7.41. The van der Waals surface area contributed by atoms with E-state index in [1.54, 1.807) is 0 Å². The van der Waals surface area contributed by atoms with Crippen LogP contribution in [0.3, 0.4) is 0 Å². The lowest BCUT2D eigenvalue weighted by Gasteiger charge is -2.71. The van der Waals surface area contributed by atoms with E-state index >= 15 is 0 Å². The molecule has 0 bridgehead atoms. The average Bonchev–Trinajstić information content (AvgIpc) is 3.17. The van der Waals surface area contributed by atoms with Crippen molar-refractivity contribution >= 4 is 5.78 Å². The fourth-order valence-electron chi connectivity index (χ4n) is 10.9. The Bertz CT molecular complexity index is 1070. The van der Waals surface area contributed by atoms with E-state index in [1.165, 1.54) is 5.57 Å². The van der Waals surface area contributed by atoms with Crippen LogP contribution in [0.15, 0.2) is 23.8 Å². The molecule has 0 amide bonds. The summed E-state index contributed by atoms with van der Waals surface area (Å²) in [6.07, 6.45) is 10.8. The van der Waals surface area contributed by atoms with Gasteiger partial charge < -0.3 is 0 Å². The number of hydrogen-bond donors (Lipinski definition) is 0. The van der Waals surface area contributed by atoms with Crippen molar-refractivity contribution in [2.24, 2.45) is 56.7 Å². The molecule has 5 aliphatic rings. The van der Waals surface area contributed by atoms with Crippen LogP contribution < -0.4 is 0 Å². The van der Waals surface area contributed by atoms with Crippen LogP contribution in [0.25, 0.3) is 0 Å². The van der Waals surface area contributed by atoms with Gasteiger partial charge in [-0.25, -0.2) is 0 Å². The van der Waals surface area contributed by atoms with Gasteiger partial charge in [0, 0.05) is 5.41 Å². The SMILES string of the molecule is C=C(C)[C@@H]1CC[C@]2(C#N)CC[C@]3(C)C(CC[C@@H]4[C@@]5(C)C=C(C#N)C(=O)C(C)(C)[C@@H]5CC[C@]43C)[C@@H]12. The summed E-state index contributed by atoms with van der Waals surface area (Å²) in [6, 6.07) is 5.12. The number of ketones is 1. The van der Waals surface area contributed by atoms with Gasteiger partial charge in [0.15, 0.2) is 5.78 Å². The summed E-state index contributed by atoms with van der Waals surface area (Å²) >= 11 is 0. The van der Waals surface area contributed by atoms with Crippen molar-refractivity contribution in [1.82, 2.24) is 0 Å². The second-order valence-corrected chi connectivity index (χ2v) is 14.0. The van der Waals surface area contributed by atoms with Crippen LogP contribution in [0.4, 0.5) is 0 Å². The smallest absolute Gasteiger partial charge is 0.178 e. The van der Waals surface area contributed by atoms with Gasteiger partial charge in [-0.2, -0.15) is 10.5 Å². The fraction of sp³-hybridized carbons (Fsp3) is 0.774. The van der Waals surface area contributed by atoms with Crippen LogP contribution in [0.2, 0.25) is 0 Å². The van der Waals surface area contributed by atoms with Crippen LogP contribution in [0.5, 0.6) is 0 Å². The average molecular weight is 459 g/mol. The number of Topliss-reactive ketones (excluding diaryl/α,β-unsaturated/α-hetero) is 1. The van der Waals surface area contributed by atoms with E-state index < -0.39 is 5.41 Å². The minimum absolute atomic E-state index is 0.0349. The van der Waals surface area contributed by atoms with Gasteiger partial charge in [0.1, 0.15) is 6.07 Å². The van der Waals surface area contributed by atoms with Crippen molar-refractivity contribution in [2.45, 2.75) is 92.9 Å². The lowest BCUT2D eigenvalue weighted by molar-refractivity contribution is -0.213. The van der Waals surface area contributed by atoms with Gasteiger partial charge in [0.05, 0.1) is 17.1 Å². The Morgan fingerprint density at radius 3 is 2.26 bits per heavy atom. The number of rotatable bonds is 1. The Balaban J connectivity index is 1.62. The molecule has 4 saturated carbocycles. The van der Waals surface area contributed by atoms with Crippen molar-refractivity contribution in [1.29, 1.82) is 10.5 Å². The molecule has 5 rings (SSSR count). The zero-order valence-electron chi connectivity index (χ0n) is 22.1. The number of carbonyl (C=O) groups is 1. The number of nitriles is 2. The molecule has 3 nitrogen and oxygen atoms in total. The summed E-state index contributed by atoms with van der Waals surface area (Å²) in [7, 11) is 0. The maximum absolute atomic E-state index is 13.2. The fourth-order valence-corrected chi connectivity index (χ4v) is 10.9. The molecule has 0 saturated heterocycles. The highest BCUT2D eigenvalue weighted by molar-refractivity contribution is 6.04. The van der Waals surface area contributed by atoms with E-state index in [9.17, 15) is 15.3 Å². The van der Waals surface area contributed by atoms with Gasteiger partial charge in [-0.15, -0.1) is 0 Å². The zero-order valence-corrected chi connectivity index (χ0v) is 22.1. The second-order valence-electron chi connectivity index (χ2n) is 14.0. The molecule has 0 aliphatic heterocycles. The molecule has 0 N–H and O–H groups in total. The third kappa shape index (κ3) is 2.60. The van der Waals surface area contributed by atoms with Crippen molar-refractivity contribution in [3.8, 4) is 12.1 Å². The summed E-state index contributed by atoms with van der Waals surface area (Å²) in [5.41, 5.74) is 1.14. The van der Waals surface area contributed by atoms with Crippen molar-refractivity contribution in [3.63, 3.8) is 0 Å². The van der Waals surface area contributed by atoms with Crippen LogP contribution in [-0.2, 0) is 4.79 Å². The summed E-state index contributed by atoms with van der Waals surface area (Å²) < 4.78 is 0. The van der Waals surface area contributed by atoms with E-state index in [0.29, 0.717) is 29.2 Å². The molecular weight excluding hydrogens is 416 g/mol. The molecule has 9 atom stereocenters. The monoisotopic (exact) mass is 458 g/mol. The van der Waals surface area contributed by atoms with Crippen molar-refractivity contribution in [3.05, 3.63) is 23.8 Å². The molecule has 0 aromatic carbocycles. The first-order chi connectivity index (χ1) is 15.8. The van der Waals surface area contributed by atoms with Gasteiger partial charge in [0.2, 0.25) is 0 Å². The number of hydrogen-bond acceptors (Lipinski definition) is 3. The van der Waals surface area contributed by atoms with E-state index in [0.717, 1.165) is 51.4 Å². The molecule has 0 aromatic heterocycles. The molecule has 0 aromatic rings. The van der Waals surface area contributed by atoms with E-state index in [4.69, 9.17) is 0 Å². The third-order valence-electron chi connectivity index (χ3n) is 12.7. The molecule has 34 heavy (non-hydrogen) atoms. The largest absolute Gasteiger partial charge is 0.293 e. The highest BCUT2D eigenvalue weighted by atomic mass is 16.1. The normalized spacial score (nSPS) is 51.0. The van der Waals surface area contributed by atoms with Crippen molar-refractivity contribution < 1.29 is 4.79 Å². The lowest BCUT2D eigenvalue weighted by Crippen LogP contribution is -2.65. The molecule has 5 aliphatic carbocycles. The number of nitrogens with zero attached hydrogens (tertiary/aromatic N) is 2. The van der Waals surface area contributed by atoms with Gasteiger partial charge in [-0.3, -0.25) is 4.79 Å². The van der Waals surface area contributed by atoms with Crippen LogP contribution in [-0.4, -0.2) is 5.78 Å². The molecular formula is C31H42N2O. The van der Waals surface area contributed by atoms with Gasteiger partial charge in [-0.1, -0.05) is 52.8 Å². The summed E-state index contributed by atoms with van der Waals surface area (Å²) in [5, 5.41) is 20.3. The van der Waals surface area contributed by atoms with Gasteiger partial charge in [0.25, 0.3) is 0 Å². The number of allylic oxidation sites excluding steroid dienone is 3. The topological polar surface area (TPSA) is 64.7 Å². The molecule has 182 valence electrons.